The molecule has 1 atom stereocenters. The van der Waals surface area contributed by atoms with E-state index >= 15 is 0 Å². The van der Waals surface area contributed by atoms with Gasteiger partial charge in [0.25, 0.3) is 0 Å². The van der Waals surface area contributed by atoms with Crippen LogP contribution in [-0.4, -0.2) is 17.7 Å². The predicted molar refractivity (Wildman–Crippen MR) is 54.7 cm³/mol. The third kappa shape index (κ3) is 3.96. The number of ether oxygens (including phenoxy) is 1. The molecule has 82 valence electrons. The van der Waals surface area contributed by atoms with Crippen LogP contribution in [0, 0.1) is 5.92 Å². The van der Waals surface area contributed by atoms with E-state index in [1.165, 1.54) is 12.8 Å². The van der Waals surface area contributed by atoms with Crippen LogP contribution < -0.4 is 11.5 Å². The van der Waals surface area contributed by atoms with Crippen LogP contribution in [0.15, 0.2) is 0 Å². The lowest BCUT2D eigenvalue weighted by molar-refractivity contribution is 0.0359. The van der Waals surface area contributed by atoms with Crippen molar-refractivity contribution in [3.05, 3.63) is 0 Å². The minimum Gasteiger partial charge on any atom is -0.444 e. The molecule has 4 heteroatoms. The Kier molecular flexibility index (Phi) is 3.37. The first-order chi connectivity index (χ1) is 6.41. The minimum atomic E-state index is -0.713. The van der Waals surface area contributed by atoms with E-state index < -0.39 is 11.7 Å². The summed E-state index contributed by atoms with van der Waals surface area (Å²) < 4.78 is 4.97. The molecule has 0 aromatic rings. The quantitative estimate of drug-likeness (QED) is 0.703. The molecule has 14 heavy (non-hydrogen) atoms. The summed E-state index contributed by atoms with van der Waals surface area (Å²) in [5.41, 5.74) is 10.4. The largest absolute Gasteiger partial charge is 0.444 e. The highest BCUT2D eigenvalue weighted by atomic mass is 16.6. The van der Waals surface area contributed by atoms with Crippen molar-refractivity contribution in [2.45, 2.75) is 51.2 Å². The van der Waals surface area contributed by atoms with Gasteiger partial charge in [-0.2, -0.15) is 0 Å². The Bertz CT molecular complexity index is 212. The first kappa shape index (κ1) is 11.3. The number of amides is 1. The molecule has 0 aliphatic heterocycles. The summed E-state index contributed by atoms with van der Waals surface area (Å²) in [6, 6.07) is 0.255. The van der Waals surface area contributed by atoms with E-state index in [9.17, 15) is 4.79 Å². The highest BCUT2D eigenvalue weighted by Gasteiger charge is 2.30. The van der Waals surface area contributed by atoms with E-state index in [0.717, 1.165) is 12.8 Å². The van der Waals surface area contributed by atoms with Crippen molar-refractivity contribution in [1.29, 1.82) is 0 Å². The second kappa shape index (κ2) is 4.17. The molecule has 1 saturated carbocycles. The smallest absolute Gasteiger partial charge is 0.405 e. The van der Waals surface area contributed by atoms with Gasteiger partial charge in [-0.25, -0.2) is 4.79 Å². The Hall–Kier alpha value is -0.770. The molecule has 0 bridgehead atoms. The SMILES string of the molecule is CC(C)(CCC(N)C1CC1)OC(N)=O. The summed E-state index contributed by atoms with van der Waals surface area (Å²) in [6.07, 6.45) is 3.45. The number of nitrogens with two attached hydrogens (primary N) is 2. The van der Waals surface area contributed by atoms with Gasteiger partial charge in [-0.1, -0.05) is 0 Å². The van der Waals surface area contributed by atoms with E-state index in [0.29, 0.717) is 5.92 Å². The predicted octanol–water partition coefficient (Wildman–Crippen LogP) is 1.38. The Balaban J connectivity index is 2.23. The van der Waals surface area contributed by atoms with Crippen molar-refractivity contribution < 1.29 is 9.53 Å². The first-order valence-corrected chi connectivity index (χ1v) is 5.15. The molecule has 1 amide bonds. The molecule has 0 spiro atoms. The monoisotopic (exact) mass is 200 g/mol. The zero-order valence-corrected chi connectivity index (χ0v) is 8.95. The van der Waals surface area contributed by atoms with Crippen LogP contribution in [-0.2, 0) is 4.74 Å². The second-order valence-corrected chi connectivity index (χ2v) is 4.72. The molecule has 0 aromatic carbocycles. The Morgan fingerprint density at radius 1 is 1.57 bits per heavy atom. The van der Waals surface area contributed by atoms with Crippen LogP contribution in [0.5, 0.6) is 0 Å². The van der Waals surface area contributed by atoms with Crippen LogP contribution in [0.3, 0.4) is 0 Å². The van der Waals surface area contributed by atoms with Crippen molar-refractivity contribution in [3.8, 4) is 0 Å². The van der Waals surface area contributed by atoms with Crippen LogP contribution in [0.2, 0.25) is 0 Å². The zero-order valence-electron chi connectivity index (χ0n) is 8.95. The number of carbonyl (C=O) groups excluding carboxylic acids is 1. The lowest BCUT2D eigenvalue weighted by atomic mass is 9.97. The number of primary amides is 1. The van der Waals surface area contributed by atoms with E-state index in [1.807, 2.05) is 13.8 Å². The second-order valence-electron chi connectivity index (χ2n) is 4.72. The first-order valence-electron chi connectivity index (χ1n) is 5.15. The highest BCUT2D eigenvalue weighted by Crippen LogP contribution is 2.34. The molecule has 1 fully saturated rings. The third-order valence-corrected chi connectivity index (χ3v) is 2.68. The van der Waals surface area contributed by atoms with Gasteiger partial charge in [0.2, 0.25) is 0 Å². The molecule has 4 nitrogen and oxygen atoms in total. The Morgan fingerprint density at radius 3 is 2.57 bits per heavy atom. The summed E-state index contributed by atoms with van der Waals surface area (Å²) in [5.74, 6) is 0.694. The van der Waals surface area contributed by atoms with Gasteiger partial charge in [-0.05, 0) is 45.4 Å². The number of carbonyl (C=O) groups is 1. The van der Waals surface area contributed by atoms with Gasteiger partial charge in [0, 0.05) is 6.04 Å². The van der Waals surface area contributed by atoms with Gasteiger partial charge >= 0.3 is 6.09 Å². The van der Waals surface area contributed by atoms with Gasteiger partial charge in [-0.15, -0.1) is 0 Å². The van der Waals surface area contributed by atoms with Crippen LogP contribution in [0.1, 0.15) is 39.5 Å². The fourth-order valence-corrected chi connectivity index (χ4v) is 1.60. The normalized spacial score (nSPS) is 19.1. The molecule has 0 saturated heterocycles. The number of hydrogen-bond donors (Lipinski definition) is 2. The molecular weight excluding hydrogens is 180 g/mol. The molecule has 0 heterocycles. The van der Waals surface area contributed by atoms with E-state index in [2.05, 4.69) is 0 Å². The van der Waals surface area contributed by atoms with Crippen molar-refractivity contribution >= 4 is 6.09 Å². The van der Waals surface area contributed by atoms with Crippen molar-refractivity contribution in [1.82, 2.24) is 0 Å². The third-order valence-electron chi connectivity index (χ3n) is 2.68. The molecule has 1 unspecified atom stereocenters. The molecular formula is C10H20N2O2. The minimum absolute atomic E-state index is 0.255. The fourth-order valence-electron chi connectivity index (χ4n) is 1.60. The lowest BCUT2D eigenvalue weighted by Crippen LogP contribution is -2.33. The average Bonchev–Trinajstić information content (AvgIpc) is 2.79. The van der Waals surface area contributed by atoms with Crippen LogP contribution in [0.25, 0.3) is 0 Å². The summed E-state index contributed by atoms with van der Waals surface area (Å²) in [5, 5.41) is 0. The van der Waals surface area contributed by atoms with E-state index in [4.69, 9.17) is 16.2 Å². The van der Waals surface area contributed by atoms with Crippen molar-refractivity contribution in [2.75, 3.05) is 0 Å². The van der Waals surface area contributed by atoms with Gasteiger partial charge < -0.3 is 16.2 Å². The van der Waals surface area contributed by atoms with E-state index in [-0.39, 0.29) is 6.04 Å². The van der Waals surface area contributed by atoms with E-state index in [1.54, 1.807) is 0 Å². The summed E-state index contributed by atoms with van der Waals surface area (Å²) in [4.78, 5) is 10.6. The highest BCUT2D eigenvalue weighted by molar-refractivity contribution is 5.65. The van der Waals surface area contributed by atoms with Crippen LogP contribution >= 0.6 is 0 Å². The summed E-state index contributed by atoms with van der Waals surface area (Å²) >= 11 is 0. The fraction of sp³-hybridized carbons (Fsp3) is 0.900. The maximum absolute atomic E-state index is 10.6. The average molecular weight is 200 g/mol. The molecule has 1 rings (SSSR count). The van der Waals surface area contributed by atoms with Gasteiger partial charge in [0.15, 0.2) is 0 Å². The van der Waals surface area contributed by atoms with Crippen molar-refractivity contribution in [2.24, 2.45) is 17.4 Å². The van der Waals surface area contributed by atoms with Gasteiger partial charge in [0.05, 0.1) is 0 Å². The number of rotatable bonds is 5. The topological polar surface area (TPSA) is 78.3 Å². The Labute approximate surface area is 85.0 Å². The van der Waals surface area contributed by atoms with Gasteiger partial charge in [-0.3, -0.25) is 0 Å². The zero-order chi connectivity index (χ0) is 10.8. The maximum atomic E-state index is 10.6. The lowest BCUT2D eigenvalue weighted by Gasteiger charge is -2.25. The summed E-state index contributed by atoms with van der Waals surface area (Å²) in [6.45, 7) is 3.72. The molecule has 0 aromatic heterocycles. The Morgan fingerprint density at radius 2 is 2.14 bits per heavy atom. The summed E-state index contributed by atoms with van der Waals surface area (Å²) in [7, 11) is 0. The number of hydrogen-bond acceptors (Lipinski definition) is 3. The standard InChI is InChI=1S/C10H20N2O2/c1-10(2,14-9(12)13)6-5-8(11)7-3-4-7/h7-8H,3-6,11H2,1-2H3,(H2,12,13). The molecule has 4 N–H and O–H groups in total. The molecule has 1 aliphatic carbocycles. The molecule has 1 aliphatic rings. The van der Waals surface area contributed by atoms with Crippen molar-refractivity contribution in [3.63, 3.8) is 0 Å². The van der Waals surface area contributed by atoms with Crippen LogP contribution in [0.4, 0.5) is 4.79 Å². The van der Waals surface area contributed by atoms with Gasteiger partial charge in [0.1, 0.15) is 5.60 Å². The maximum Gasteiger partial charge on any atom is 0.405 e. The molecule has 0 radical (unpaired) electrons.